The summed E-state index contributed by atoms with van der Waals surface area (Å²) in [6.45, 7) is 1.91. The van der Waals surface area contributed by atoms with Crippen LogP contribution in [0.15, 0.2) is 29.6 Å². The first-order valence-electron chi connectivity index (χ1n) is 5.05. The molecular formula is C13H11FO2S. The molecule has 2 aromatic rings. The third kappa shape index (κ3) is 2.36. The third-order valence-corrected chi connectivity index (χ3v) is 3.28. The molecule has 0 aliphatic carbocycles. The van der Waals surface area contributed by atoms with Gasteiger partial charge in [0.15, 0.2) is 5.78 Å². The maximum Gasteiger partial charge on any atom is 0.196 e. The van der Waals surface area contributed by atoms with Gasteiger partial charge >= 0.3 is 0 Å². The molecule has 88 valence electrons. The maximum absolute atomic E-state index is 13.7. The summed E-state index contributed by atoms with van der Waals surface area (Å²) in [5.41, 5.74) is 0.597. The van der Waals surface area contributed by atoms with Gasteiger partial charge in [-0.05, 0) is 25.1 Å². The Balaban J connectivity index is 2.37. The standard InChI is InChI=1S/C13H11FO2S/c1-8-5-9(7-17-8)13(15)11-4-3-10(16-2)6-12(11)14/h3-7H,1-2H3. The van der Waals surface area contributed by atoms with Gasteiger partial charge in [0.2, 0.25) is 0 Å². The van der Waals surface area contributed by atoms with Gasteiger partial charge in [0.05, 0.1) is 12.7 Å². The number of ether oxygens (including phenoxy) is 1. The van der Waals surface area contributed by atoms with E-state index in [2.05, 4.69) is 0 Å². The van der Waals surface area contributed by atoms with Crippen LogP contribution < -0.4 is 4.74 Å². The Kier molecular flexibility index (Phi) is 3.24. The molecule has 17 heavy (non-hydrogen) atoms. The molecule has 0 radical (unpaired) electrons. The van der Waals surface area contributed by atoms with Gasteiger partial charge in [-0.15, -0.1) is 11.3 Å². The van der Waals surface area contributed by atoms with E-state index < -0.39 is 5.82 Å². The van der Waals surface area contributed by atoms with E-state index in [0.29, 0.717) is 11.3 Å². The zero-order valence-corrected chi connectivity index (χ0v) is 10.3. The fourth-order valence-electron chi connectivity index (χ4n) is 1.52. The van der Waals surface area contributed by atoms with Crippen molar-refractivity contribution in [1.82, 2.24) is 0 Å². The first kappa shape index (κ1) is 11.8. The Bertz CT molecular complexity index is 560. The van der Waals surface area contributed by atoms with Gasteiger partial charge < -0.3 is 4.74 Å². The minimum Gasteiger partial charge on any atom is -0.497 e. The highest BCUT2D eigenvalue weighted by Crippen LogP contribution is 2.21. The highest BCUT2D eigenvalue weighted by molar-refractivity contribution is 7.10. The second-order valence-electron chi connectivity index (χ2n) is 3.62. The lowest BCUT2D eigenvalue weighted by atomic mass is 10.1. The van der Waals surface area contributed by atoms with E-state index in [1.54, 1.807) is 17.5 Å². The Morgan fingerprint density at radius 1 is 1.35 bits per heavy atom. The van der Waals surface area contributed by atoms with Gasteiger partial charge in [0.25, 0.3) is 0 Å². The number of benzene rings is 1. The second kappa shape index (κ2) is 4.67. The highest BCUT2D eigenvalue weighted by Gasteiger charge is 2.15. The SMILES string of the molecule is COc1ccc(C(=O)c2csc(C)c2)c(F)c1. The van der Waals surface area contributed by atoms with Crippen molar-refractivity contribution in [2.75, 3.05) is 7.11 Å². The van der Waals surface area contributed by atoms with Crippen LogP contribution in [0.25, 0.3) is 0 Å². The molecule has 0 fully saturated rings. The topological polar surface area (TPSA) is 26.3 Å². The van der Waals surface area contributed by atoms with E-state index in [1.807, 2.05) is 6.92 Å². The molecule has 0 spiro atoms. The first-order valence-corrected chi connectivity index (χ1v) is 5.93. The molecule has 1 aromatic carbocycles. The Hall–Kier alpha value is -1.68. The summed E-state index contributed by atoms with van der Waals surface area (Å²) in [6, 6.07) is 6.00. The quantitative estimate of drug-likeness (QED) is 0.780. The van der Waals surface area contributed by atoms with Crippen molar-refractivity contribution in [3.8, 4) is 5.75 Å². The van der Waals surface area contributed by atoms with Crippen molar-refractivity contribution < 1.29 is 13.9 Å². The van der Waals surface area contributed by atoms with Crippen molar-refractivity contribution in [3.63, 3.8) is 0 Å². The summed E-state index contributed by atoms with van der Waals surface area (Å²) in [7, 11) is 1.46. The number of ketones is 1. The van der Waals surface area contributed by atoms with Gasteiger partial charge in [-0.3, -0.25) is 4.79 Å². The summed E-state index contributed by atoms with van der Waals surface area (Å²) < 4.78 is 18.6. The summed E-state index contributed by atoms with van der Waals surface area (Å²) >= 11 is 1.47. The van der Waals surface area contributed by atoms with Crippen LogP contribution >= 0.6 is 11.3 Å². The number of hydrogen-bond donors (Lipinski definition) is 0. The van der Waals surface area contributed by atoms with Gasteiger partial charge in [0.1, 0.15) is 11.6 Å². The van der Waals surface area contributed by atoms with Gasteiger partial charge in [0, 0.05) is 21.9 Å². The zero-order chi connectivity index (χ0) is 12.4. The van der Waals surface area contributed by atoms with Crippen molar-refractivity contribution in [2.24, 2.45) is 0 Å². The van der Waals surface area contributed by atoms with E-state index in [4.69, 9.17) is 4.74 Å². The molecular weight excluding hydrogens is 239 g/mol. The second-order valence-corrected chi connectivity index (χ2v) is 4.74. The van der Waals surface area contributed by atoms with Crippen LogP contribution in [-0.4, -0.2) is 12.9 Å². The number of halogens is 1. The first-order chi connectivity index (χ1) is 8.11. The molecule has 0 aliphatic heterocycles. The van der Waals surface area contributed by atoms with E-state index in [1.165, 1.54) is 30.6 Å². The summed E-state index contributed by atoms with van der Waals surface area (Å²) in [5, 5.41) is 1.74. The van der Waals surface area contributed by atoms with E-state index in [0.717, 1.165) is 4.88 Å². The fraction of sp³-hybridized carbons (Fsp3) is 0.154. The lowest BCUT2D eigenvalue weighted by Crippen LogP contribution is -2.03. The Morgan fingerprint density at radius 2 is 2.12 bits per heavy atom. The molecule has 1 heterocycles. The summed E-state index contributed by atoms with van der Waals surface area (Å²) in [4.78, 5) is 13.0. The molecule has 2 rings (SSSR count). The van der Waals surface area contributed by atoms with Gasteiger partial charge in [-0.1, -0.05) is 0 Å². The van der Waals surface area contributed by atoms with Crippen LogP contribution in [0.5, 0.6) is 5.75 Å². The number of carbonyl (C=O) groups is 1. The minimum absolute atomic E-state index is 0.0728. The number of methoxy groups -OCH3 is 1. The van der Waals surface area contributed by atoms with Crippen LogP contribution in [0, 0.1) is 12.7 Å². The smallest absolute Gasteiger partial charge is 0.196 e. The normalized spacial score (nSPS) is 10.3. The van der Waals surface area contributed by atoms with Crippen LogP contribution in [0.4, 0.5) is 4.39 Å². The molecule has 2 nitrogen and oxygen atoms in total. The molecule has 0 saturated carbocycles. The van der Waals surface area contributed by atoms with Crippen LogP contribution in [0.2, 0.25) is 0 Å². The van der Waals surface area contributed by atoms with Crippen LogP contribution in [0.1, 0.15) is 20.8 Å². The van der Waals surface area contributed by atoms with Crippen LogP contribution in [-0.2, 0) is 0 Å². The van der Waals surface area contributed by atoms with E-state index in [9.17, 15) is 9.18 Å². The largest absolute Gasteiger partial charge is 0.497 e. The minimum atomic E-state index is -0.557. The van der Waals surface area contributed by atoms with Crippen molar-refractivity contribution in [2.45, 2.75) is 6.92 Å². The molecule has 1 aromatic heterocycles. The van der Waals surface area contributed by atoms with E-state index >= 15 is 0 Å². The number of thiophene rings is 1. The van der Waals surface area contributed by atoms with Gasteiger partial charge in [-0.2, -0.15) is 0 Å². The Labute approximate surface area is 103 Å². The molecule has 0 unspecified atom stereocenters. The lowest BCUT2D eigenvalue weighted by molar-refractivity contribution is 0.103. The number of rotatable bonds is 3. The predicted molar refractivity (Wildman–Crippen MR) is 65.4 cm³/mol. The molecule has 0 bridgehead atoms. The van der Waals surface area contributed by atoms with Crippen molar-refractivity contribution in [1.29, 1.82) is 0 Å². The number of aryl methyl sites for hydroxylation is 1. The molecule has 0 amide bonds. The molecule has 4 heteroatoms. The predicted octanol–water partition coefficient (Wildman–Crippen LogP) is 3.44. The lowest BCUT2D eigenvalue weighted by Gasteiger charge is -2.03. The number of carbonyl (C=O) groups excluding carboxylic acids is 1. The van der Waals surface area contributed by atoms with Crippen LogP contribution in [0.3, 0.4) is 0 Å². The summed E-state index contributed by atoms with van der Waals surface area (Å²) in [5.74, 6) is -0.451. The molecule has 0 saturated heterocycles. The average Bonchev–Trinajstić information content (AvgIpc) is 2.75. The molecule has 0 N–H and O–H groups in total. The highest BCUT2D eigenvalue weighted by atomic mass is 32.1. The number of hydrogen-bond acceptors (Lipinski definition) is 3. The van der Waals surface area contributed by atoms with Crippen molar-refractivity contribution in [3.05, 3.63) is 51.5 Å². The Morgan fingerprint density at radius 3 is 2.65 bits per heavy atom. The fourth-order valence-corrected chi connectivity index (χ4v) is 2.21. The van der Waals surface area contributed by atoms with E-state index in [-0.39, 0.29) is 11.3 Å². The van der Waals surface area contributed by atoms with Gasteiger partial charge in [-0.25, -0.2) is 4.39 Å². The average molecular weight is 250 g/mol. The third-order valence-electron chi connectivity index (χ3n) is 2.41. The monoisotopic (exact) mass is 250 g/mol. The molecule has 0 atom stereocenters. The zero-order valence-electron chi connectivity index (χ0n) is 9.49. The molecule has 0 aliphatic rings. The summed E-state index contributed by atoms with van der Waals surface area (Å²) in [6.07, 6.45) is 0. The van der Waals surface area contributed by atoms with Crippen molar-refractivity contribution >= 4 is 17.1 Å². The maximum atomic E-state index is 13.7.